The molecule has 1 aromatic rings. The average Bonchev–Trinajstić information content (AvgIpc) is 2.48. The molecule has 4 heteroatoms. The number of hydrogen-bond donors (Lipinski definition) is 2. The predicted octanol–water partition coefficient (Wildman–Crippen LogP) is 3.06. The van der Waals surface area contributed by atoms with E-state index < -0.39 is 5.60 Å². The van der Waals surface area contributed by atoms with E-state index in [1.807, 2.05) is 51.1 Å². The molecule has 0 radical (unpaired) electrons. The summed E-state index contributed by atoms with van der Waals surface area (Å²) in [5, 5.41) is 6.78. The van der Waals surface area contributed by atoms with Gasteiger partial charge in [0, 0.05) is 12.2 Å². The summed E-state index contributed by atoms with van der Waals surface area (Å²) in [6.07, 6.45) is 2.20. The maximum absolute atomic E-state index is 12.6. The van der Waals surface area contributed by atoms with Gasteiger partial charge in [-0.15, -0.1) is 0 Å². The normalized spacial score (nSPS) is 20.2. The number of hydrogen-bond acceptors (Lipinski definition) is 4. The molecule has 1 fully saturated rings. The SMILES string of the molecule is CC(C)(C)OC(=O)C(CNc1ccccc1)C1CCCNC1. The number of rotatable bonds is 5. The van der Waals surface area contributed by atoms with Crippen LogP contribution in [0.25, 0.3) is 0 Å². The Kier molecular flexibility index (Phi) is 5.83. The molecule has 0 saturated carbocycles. The van der Waals surface area contributed by atoms with Crippen molar-refractivity contribution in [2.24, 2.45) is 11.8 Å². The molecular formula is C18H28N2O2. The van der Waals surface area contributed by atoms with E-state index in [1.54, 1.807) is 0 Å². The molecule has 4 nitrogen and oxygen atoms in total. The number of carbonyl (C=O) groups excluding carboxylic acids is 1. The molecule has 2 unspecified atom stereocenters. The van der Waals surface area contributed by atoms with E-state index in [9.17, 15) is 4.79 Å². The van der Waals surface area contributed by atoms with E-state index >= 15 is 0 Å². The van der Waals surface area contributed by atoms with Crippen LogP contribution in [0.2, 0.25) is 0 Å². The van der Waals surface area contributed by atoms with Crippen LogP contribution in [0.5, 0.6) is 0 Å². The van der Waals surface area contributed by atoms with Gasteiger partial charge in [-0.05, 0) is 64.8 Å². The number of ether oxygens (including phenoxy) is 1. The third kappa shape index (κ3) is 5.34. The third-order valence-corrected chi connectivity index (χ3v) is 3.91. The topological polar surface area (TPSA) is 50.4 Å². The smallest absolute Gasteiger partial charge is 0.311 e. The molecule has 0 spiro atoms. The van der Waals surface area contributed by atoms with E-state index in [2.05, 4.69) is 10.6 Å². The first-order valence-electron chi connectivity index (χ1n) is 8.18. The minimum Gasteiger partial charge on any atom is -0.460 e. The van der Waals surface area contributed by atoms with Gasteiger partial charge in [-0.1, -0.05) is 18.2 Å². The monoisotopic (exact) mass is 304 g/mol. The van der Waals surface area contributed by atoms with E-state index in [0.717, 1.165) is 31.6 Å². The number of carbonyl (C=O) groups is 1. The quantitative estimate of drug-likeness (QED) is 0.821. The summed E-state index contributed by atoms with van der Waals surface area (Å²) in [6, 6.07) is 10.0. The first-order chi connectivity index (χ1) is 10.5. The summed E-state index contributed by atoms with van der Waals surface area (Å²) >= 11 is 0. The Morgan fingerprint density at radius 2 is 2.09 bits per heavy atom. The van der Waals surface area contributed by atoms with E-state index in [0.29, 0.717) is 12.5 Å². The van der Waals surface area contributed by atoms with Gasteiger partial charge in [0.25, 0.3) is 0 Å². The van der Waals surface area contributed by atoms with Gasteiger partial charge in [0.05, 0.1) is 5.92 Å². The van der Waals surface area contributed by atoms with Crippen LogP contribution in [0.15, 0.2) is 30.3 Å². The molecule has 1 heterocycles. The van der Waals surface area contributed by atoms with Crippen molar-refractivity contribution in [3.8, 4) is 0 Å². The van der Waals surface area contributed by atoms with Gasteiger partial charge in [0.2, 0.25) is 0 Å². The lowest BCUT2D eigenvalue weighted by Gasteiger charge is -2.32. The minimum atomic E-state index is -0.440. The number of nitrogens with one attached hydrogen (secondary N) is 2. The molecule has 2 rings (SSSR count). The fraction of sp³-hybridized carbons (Fsp3) is 0.611. The Morgan fingerprint density at radius 3 is 2.68 bits per heavy atom. The Labute approximate surface area is 133 Å². The lowest BCUT2D eigenvalue weighted by Crippen LogP contribution is -2.42. The van der Waals surface area contributed by atoms with Crippen molar-refractivity contribution in [2.45, 2.75) is 39.2 Å². The summed E-state index contributed by atoms with van der Waals surface area (Å²) in [6.45, 7) is 8.32. The van der Waals surface area contributed by atoms with E-state index in [4.69, 9.17) is 4.74 Å². The summed E-state index contributed by atoms with van der Waals surface area (Å²) in [5.41, 5.74) is 0.601. The molecule has 1 aromatic carbocycles. The molecule has 22 heavy (non-hydrogen) atoms. The second kappa shape index (κ2) is 7.63. The van der Waals surface area contributed by atoms with Crippen molar-refractivity contribution in [3.63, 3.8) is 0 Å². The van der Waals surface area contributed by atoms with Gasteiger partial charge in [-0.2, -0.15) is 0 Å². The fourth-order valence-corrected chi connectivity index (χ4v) is 2.83. The lowest BCUT2D eigenvalue weighted by molar-refractivity contribution is -0.161. The molecule has 0 bridgehead atoms. The zero-order valence-corrected chi connectivity index (χ0v) is 13.9. The third-order valence-electron chi connectivity index (χ3n) is 3.91. The van der Waals surface area contributed by atoms with Crippen molar-refractivity contribution in [2.75, 3.05) is 25.0 Å². The number of para-hydroxylation sites is 1. The first-order valence-corrected chi connectivity index (χ1v) is 8.18. The van der Waals surface area contributed by atoms with Crippen LogP contribution in [0.4, 0.5) is 5.69 Å². The Hall–Kier alpha value is -1.55. The van der Waals surface area contributed by atoms with E-state index in [-0.39, 0.29) is 11.9 Å². The zero-order chi connectivity index (χ0) is 16.0. The zero-order valence-electron chi connectivity index (χ0n) is 13.9. The number of anilines is 1. The second-order valence-electron chi connectivity index (χ2n) is 6.99. The van der Waals surface area contributed by atoms with Crippen LogP contribution in [0.3, 0.4) is 0 Å². The summed E-state index contributed by atoms with van der Waals surface area (Å²) in [7, 11) is 0. The minimum absolute atomic E-state index is 0.0929. The summed E-state index contributed by atoms with van der Waals surface area (Å²) < 4.78 is 5.63. The van der Waals surface area contributed by atoms with Crippen LogP contribution >= 0.6 is 0 Å². The number of esters is 1. The maximum atomic E-state index is 12.6. The standard InChI is InChI=1S/C18H28N2O2/c1-18(2,3)22-17(21)16(14-8-7-11-19-12-14)13-20-15-9-5-4-6-10-15/h4-6,9-10,14,16,19-20H,7-8,11-13H2,1-3H3. The molecule has 122 valence electrons. The van der Waals surface area contributed by atoms with Gasteiger partial charge >= 0.3 is 5.97 Å². The van der Waals surface area contributed by atoms with Crippen molar-refractivity contribution in [1.29, 1.82) is 0 Å². The van der Waals surface area contributed by atoms with Crippen molar-refractivity contribution >= 4 is 11.7 Å². The highest BCUT2D eigenvalue weighted by molar-refractivity contribution is 5.74. The fourth-order valence-electron chi connectivity index (χ4n) is 2.83. The largest absolute Gasteiger partial charge is 0.460 e. The van der Waals surface area contributed by atoms with Crippen LogP contribution < -0.4 is 10.6 Å². The number of piperidine rings is 1. The van der Waals surface area contributed by atoms with Crippen molar-refractivity contribution < 1.29 is 9.53 Å². The predicted molar refractivity (Wildman–Crippen MR) is 89.9 cm³/mol. The molecule has 2 atom stereocenters. The van der Waals surface area contributed by atoms with Crippen LogP contribution in [-0.2, 0) is 9.53 Å². The highest BCUT2D eigenvalue weighted by Crippen LogP contribution is 2.24. The highest BCUT2D eigenvalue weighted by Gasteiger charge is 2.32. The molecule has 1 aliphatic rings. The molecule has 2 N–H and O–H groups in total. The van der Waals surface area contributed by atoms with Crippen molar-refractivity contribution in [3.05, 3.63) is 30.3 Å². The molecule has 0 aliphatic carbocycles. The molecule has 0 amide bonds. The van der Waals surface area contributed by atoms with E-state index in [1.165, 1.54) is 0 Å². The first kappa shape index (κ1) is 16.8. The summed E-state index contributed by atoms with van der Waals surface area (Å²) in [5.74, 6) is 0.122. The maximum Gasteiger partial charge on any atom is 0.311 e. The average molecular weight is 304 g/mol. The van der Waals surface area contributed by atoms with Crippen LogP contribution in [0.1, 0.15) is 33.6 Å². The van der Waals surface area contributed by atoms with Crippen LogP contribution in [0, 0.1) is 11.8 Å². The van der Waals surface area contributed by atoms with Crippen molar-refractivity contribution in [1.82, 2.24) is 5.32 Å². The lowest BCUT2D eigenvalue weighted by atomic mass is 9.86. The molecule has 0 aromatic heterocycles. The highest BCUT2D eigenvalue weighted by atomic mass is 16.6. The summed E-state index contributed by atoms with van der Waals surface area (Å²) in [4.78, 5) is 12.6. The second-order valence-corrected chi connectivity index (χ2v) is 6.99. The van der Waals surface area contributed by atoms with Gasteiger partial charge in [-0.3, -0.25) is 4.79 Å². The van der Waals surface area contributed by atoms with Gasteiger partial charge in [-0.25, -0.2) is 0 Å². The van der Waals surface area contributed by atoms with Gasteiger partial charge < -0.3 is 15.4 Å². The van der Waals surface area contributed by atoms with Gasteiger partial charge in [0.1, 0.15) is 5.60 Å². The molecule has 1 saturated heterocycles. The number of benzene rings is 1. The van der Waals surface area contributed by atoms with Crippen LogP contribution in [-0.4, -0.2) is 31.2 Å². The Bertz CT molecular complexity index is 462. The molecule has 1 aliphatic heterocycles. The van der Waals surface area contributed by atoms with Gasteiger partial charge in [0.15, 0.2) is 0 Å². The Balaban J connectivity index is 2.02. The Morgan fingerprint density at radius 1 is 1.36 bits per heavy atom. The molecular weight excluding hydrogens is 276 g/mol.